The summed E-state index contributed by atoms with van der Waals surface area (Å²) in [5, 5.41) is 13.4. The molecule has 0 spiro atoms. The Morgan fingerprint density at radius 2 is 1.95 bits per heavy atom. The minimum Gasteiger partial charge on any atom is -0.316 e. The van der Waals surface area contributed by atoms with Crippen molar-refractivity contribution in [2.75, 3.05) is 19.6 Å². The number of nitro benzene ring substituents is 1. The number of sulfonamides is 1. The molecule has 1 aromatic rings. The van der Waals surface area contributed by atoms with Crippen LogP contribution in [0, 0.1) is 17.0 Å². The number of nitro groups is 1. The van der Waals surface area contributed by atoms with Crippen LogP contribution in [0.3, 0.4) is 0 Å². The number of hydrogen-bond donors (Lipinski definition) is 2. The number of halogens is 2. The van der Waals surface area contributed by atoms with Gasteiger partial charge < -0.3 is 5.32 Å². The van der Waals surface area contributed by atoms with Crippen LogP contribution < -0.4 is 10.0 Å². The molecule has 2 N–H and O–H groups in total. The van der Waals surface area contributed by atoms with Crippen LogP contribution in [0.2, 0.25) is 5.02 Å². The van der Waals surface area contributed by atoms with Crippen molar-refractivity contribution in [3.8, 4) is 0 Å². The summed E-state index contributed by atoms with van der Waals surface area (Å²) in [5.74, 6) is 0. The van der Waals surface area contributed by atoms with Crippen LogP contribution in [0.25, 0.3) is 0 Å². The average molecular weight is 358 g/mol. The molecular weight excluding hydrogens is 341 g/mol. The monoisotopic (exact) mass is 357 g/mol. The van der Waals surface area contributed by atoms with Crippen LogP contribution in [0.15, 0.2) is 17.0 Å². The van der Waals surface area contributed by atoms with Gasteiger partial charge >= 0.3 is 0 Å². The van der Waals surface area contributed by atoms with Gasteiger partial charge in [-0.2, -0.15) is 0 Å². The first-order valence-electron chi connectivity index (χ1n) is 5.94. The van der Waals surface area contributed by atoms with Gasteiger partial charge in [-0.25, -0.2) is 13.1 Å². The van der Waals surface area contributed by atoms with E-state index in [0.29, 0.717) is 12.1 Å². The Morgan fingerprint density at radius 1 is 1.33 bits per heavy atom. The number of likely N-dealkylation sites (N-methyl/N-ethyl adjacent to an activating group) is 1. The molecule has 0 bridgehead atoms. The maximum atomic E-state index is 12.1. The summed E-state index contributed by atoms with van der Waals surface area (Å²) in [6, 6.07) is 2.55. The van der Waals surface area contributed by atoms with Gasteiger partial charge in [0.25, 0.3) is 5.69 Å². The van der Waals surface area contributed by atoms with E-state index in [2.05, 4.69) is 10.0 Å². The largest absolute Gasteiger partial charge is 0.316 e. The molecule has 0 heterocycles. The summed E-state index contributed by atoms with van der Waals surface area (Å²) in [6.07, 6.45) is 0. The molecule has 7 nitrogen and oxygen atoms in total. The molecule has 0 aromatic heterocycles. The maximum Gasteiger partial charge on any atom is 0.289 e. The van der Waals surface area contributed by atoms with Gasteiger partial charge in [0.15, 0.2) is 0 Å². The van der Waals surface area contributed by atoms with Crippen LogP contribution in [0.1, 0.15) is 12.5 Å². The molecule has 0 fully saturated rings. The average Bonchev–Trinajstić information content (AvgIpc) is 2.36. The Kier molecular flexibility index (Phi) is 8.12. The molecule has 1 aromatic carbocycles. The molecule has 0 saturated heterocycles. The second-order valence-corrected chi connectivity index (χ2v) is 6.22. The van der Waals surface area contributed by atoms with E-state index in [-0.39, 0.29) is 28.9 Å². The van der Waals surface area contributed by atoms with Crippen molar-refractivity contribution in [1.82, 2.24) is 10.0 Å². The first kappa shape index (κ1) is 20.1. The molecule has 0 unspecified atom stereocenters. The van der Waals surface area contributed by atoms with Gasteiger partial charge in [0.2, 0.25) is 10.0 Å². The summed E-state index contributed by atoms with van der Waals surface area (Å²) in [5.41, 5.74) is 0.0342. The number of aryl methyl sites for hydroxylation is 1. The third-order valence-electron chi connectivity index (χ3n) is 2.49. The second kappa shape index (κ2) is 8.50. The summed E-state index contributed by atoms with van der Waals surface area (Å²) >= 11 is 5.82. The van der Waals surface area contributed by atoms with E-state index < -0.39 is 20.6 Å². The number of rotatable bonds is 7. The van der Waals surface area contributed by atoms with Gasteiger partial charge in [-0.1, -0.05) is 18.5 Å². The van der Waals surface area contributed by atoms with Gasteiger partial charge in [-0.05, 0) is 25.1 Å². The van der Waals surface area contributed by atoms with E-state index in [0.717, 1.165) is 6.54 Å². The SMILES string of the molecule is CCNCCNS(=O)(=O)c1cc(C)cc([N+](=O)[O-])c1Cl.Cl. The highest BCUT2D eigenvalue weighted by Crippen LogP contribution is 2.32. The Hall–Kier alpha value is -0.930. The summed E-state index contributed by atoms with van der Waals surface area (Å²) < 4.78 is 26.5. The topological polar surface area (TPSA) is 101 Å². The molecule has 1 rings (SSSR count). The van der Waals surface area contributed by atoms with Crippen LogP contribution in [-0.2, 0) is 10.0 Å². The third kappa shape index (κ3) is 5.40. The van der Waals surface area contributed by atoms with E-state index in [9.17, 15) is 18.5 Å². The Labute approximate surface area is 134 Å². The Morgan fingerprint density at radius 3 is 2.48 bits per heavy atom. The molecular formula is C11H17Cl2N3O4S. The minimum absolute atomic E-state index is 0. The highest BCUT2D eigenvalue weighted by Gasteiger charge is 2.25. The van der Waals surface area contributed by atoms with Gasteiger partial charge in [0.1, 0.15) is 9.92 Å². The fourth-order valence-corrected chi connectivity index (χ4v) is 3.26. The predicted octanol–water partition coefficient (Wildman–Crippen LogP) is 1.87. The molecule has 0 aliphatic carbocycles. The van der Waals surface area contributed by atoms with E-state index in [1.807, 2.05) is 6.92 Å². The summed E-state index contributed by atoms with van der Waals surface area (Å²) in [4.78, 5) is 9.87. The highest BCUT2D eigenvalue weighted by molar-refractivity contribution is 7.89. The quantitative estimate of drug-likeness (QED) is 0.440. The number of nitrogens with one attached hydrogen (secondary N) is 2. The minimum atomic E-state index is -3.88. The van der Waals surface area contributed by atoms with Crippen molar-refractivity contribution in [2.24, 2.45) is 0 Å². The van der Waals surface area contributed by atoms with E-state index in [1.54, 1.807) is 6.92 Å². The lowest BCUT2D eigenvalue weighted by molar-refractivity contribution is -0.385. The van der Waals surface area contributed by atoms with Crippen LogP contribution in [0.5, 0.6) is 0 Å². The molecule has 0 aliphatic rings. The van der Waals surface area contributed by atoms with Crippen molar-refractivity contribution >= 4 is 39.7 Å². The molecule has 0 aliphatic heterocycles. The Bertz CT molecular complexity index is 608. The zero-order valence-electron chi connectivity index (χ0n) is 11.6. The fraction of sp³-hybridized carbons (Fsp3) is 0.455. The number of hydrogen-bond acceptors (Lipinski definition) is 5. The Balaban J connectivity index is 0.00000400. The first-order valence-corrected chi connectivity index (χ1v) is 7.80. The lowest BCUT2D eigenvalue weighted by Gasteiger charge is -2.09. The highest BCUT2D eigenvalue weighted by atomic mass is 35.5. The van der Waals surface area contributed by atoms with Crippen LogP contribution in [-0.4, -0.2) is 33.0 Å². The molecule has 0 radical (unpaired) electrons. The van der Waals surface area contributed by atoms with Crippen molar-refractivity contribution in [2.45, 2.75) is 18.7 Å². The van der Waals surface area contributed by atoms with Crippen LogP contribution >= 0.6 is 24.0 Å². The molecule has 0 saturated carbocycles. The zero-order valence-corrected chi connectivity index (χ0v) is 13.9. The molecule has 21 heavy (non-hydrogen) atoms. The van der Waals surface area contributed by atoms with Crippen LogP contribution in [0.4, 0.5) is 5.69 Å². The molecule has 0 amide bonds. The van der Waals surface area contributed by atoms with Gasteiger partial charge in [0.05, 0.1) is 4.92 Å². The predicted molar refractivity (Wildman–Crippen MR) is 83.8 cm³/mol. The third-order valence-corrected chi connectivity index (χ3v) is 4.49. The zero-order chi connectivity index (χ0) is 15.3. The molecule has 120 valence electrons. The van der Waals surface area contributed by atoms with Crippen molar-refractivity contribution in [3.63, 3.8) is 0 Å². The first-order chi connectivity index (χ1) is 9.29. The summed E-state index contributed by atoms with van der Waals surface area (Å²) in [6.45, 7) is 4.82. The van der Waals surface area contributed by atoms with E-state index >= 15 is 0 Å². The summed E-state index contributed by atoms with van der Waals surface area (Å²) in [7, 11) is -3.88. The lowest BCUT2D eigenvalue weighted by atomic mass is 10.2. The lowest BCUT2D eigenvalue weighted by Crippen LogP contribution is -2.32. The van der Waals surface area contributed by atoms with Gasteiger partial charge in [0, 0.05) is 19.2 Å². The molecule has 0 atom stereocenters. The normalized spacial score (nSPS) is 11.0. The fourth-order valence-electron chi connectivity index (χ4n) is 1.57. The van der Waals surface area contributed by atoms with Crippen molar-refractivity contribution in [3.05, 3.63) is 32.8 Å². The second-order valence-electron chi connectivity index (χ2n) is 4.10. The standard InChI is InChI=1S/C11H16ClN3O4S.ClH/c1-3-13-4-5-14-20(18,19)10-7-8(2)6-9(11(10)12)15(16)17;/h6-7,13-14H,3-5H2,1-2H3;1H. The van der Waals surface area contributed by atoms with Gasteiger partial charge in [-0.3, -0.25) is 10.1 Å². The van der Waals surface area contributed by atoms with E-state index in [4.69, 9.17) is 11.6 Å². The van der Waals surface area contributed by atoms with E-state index in [1.165, 1.54) is 12.1 Å². The maximum absolute atomic E-state index is 12.1. The van der Waals surface area contributed by atoms with Gasteiger partial charge in [-0.15, -0.1) is 12.4 Å². The number of benzene rings is 1. The van der Waals surface area contributed by atoms with Crippen molar-refractivity contribution in [1.29, 1.82) is 0 Å². The molecule has 10 heteroatoms. The van der Waals surface area contributed by atoms with Crippen molar-refractivity contribution < 1.29 is 13.3 Å². The number of nitrogens with zero attached hydrogens (tertiary/aromatic N) is 1. The smallest absolute Gasteiger partial charge is 0.289 e.